The van der Waals surface area contributed by atoms with Gasteiger partial charge in [-0.1, -0.05) is 248 Å². The van der Waals surface area contributed by atoms with Crippen LogP contribution in [0.5, 0.6) is 23.0 Å². The lowest BCUT2D eigenvalue weighted by Crippen LogP contribution is -1.98. The van der Waals surface area contributed by atoms with Gasteiger partial charge in [0.15, 0.2) is 0 Å². The molecule has 0 aliphatic carbocycles. The third-order valence-electron chi connectivity index (χ3n) is 21.4. The molecule has 18 rings (SSSR count). The topological polar surface area (TPSA) is 89.5 Å². The van der Waals surface area contributed by atoms with Crippen molar-refractivity contribution in [2.24, 2.45) is 0 Å². The number of rotatable bonds is 4. The van der Waals surface area contributed by atoms with E-state index in [1.807, 2.05) is 0 Å². The Morgan fingerprint density at radius 2 is 0.404 bits per heavy atom. The number of furan rings is 4. The highest BCUT2D eigenvalue weighted by Gasteiger charge is 2.25. The molecule has 18 bridgehead atoms. The van der Waals surface area contributed by atoms with Crippen molar-refractivity contribution in [3.63, 3.8) is 0 Å². The second-order valence-electron chi connectivity index (χ2n) is 29.0. The lowest BCUT2D eigenvalue weighted by atomic mass is 9.95. The maximum atomic E-state index is 6.86. The van der Waals surface area contributed by atoms with Gasteiger partial charge in [0.05, 0.1) is 26.4 Å². The summed E-state index contributed by atoms with van der Waals surface area (Å²) in [4.78, 5) is 0. The van der Waals surface area contributed by atoms with Gasteiger partial charge in [0.25, 0.3) is 0 Å². The molecule has 8 nitrogen and oxygen atoms in total. The molecular weight excluding hydrogens is 1280 g/mol. The Balaban J connectivity index is 0.586. The average Bonchev–Trinajstić information content (AvgIpc) is 1.60. The molecule has 10 aromatic carbocycles. The van der Waals surface area contributed by atoms with E-state index >= 15 is 0 Å². The summed E-state index contributed by atoms with van der Waals surface area (Å²) in [5, 5.41) is 9.29. The van der Waals surface area contributed by atoms with E-state index in [4.69, 9.17) is 36.6 Å². The summed E-state index contributed by atoms with van der Waals surface area (Å²) in [5.74, 6) is 7.90. The third-order valence-corrected chi connectivity index (χ3v) is 21.4. The molecule has 4 aliphatic heterocycles. The molecule has 8 heteroatoms. The minimum Gasteiger partial charge on any atom is -0.494 e. The highest BCUT2D eigenvalue weighted by Crippen LogP contribution is 2.46. The van der Waals surface area contributed by atoms with E-state index in [1.165, 1.54) is 107 Å². The summed E-state index contributed by atoms with van der Waals surface area (Å²) < 4.78 is 52.8. The van der Waals surface area contributed by atoms with Crippen molar-refractivity contribution in [2.75, 3.05) is 26.4 Å². The number of hydrogen-bond acceptors (Lipinski definition) is 8. The van der Waals surface area contributed by atoms with Crippen LogP contribution in [0.3, 0.4) is 0 Å². The van der Waals surface area contributed by atoms with Crippen LogP contribution < -0.4 is 18.9 Å². The standard InChI is InChI=1S/C96H100O8/c1-5-13-33-57-97-77-53-49-69-50-54-78(62-75(69)61-77)98-58-34-14-7-3-11-31-47-87-95(73-41-25-19-26-42-73)83-66-84-92(68-91(83)103-87)104-88(96(84)74-43-27-20-28-44-74)48-32-12-4-8-16-36-60-100-80-56-52-70-51-55-79(63-76(70)64-80)99-59-35-15-6-2-10-30-46-86-94(72-39-23-18-24-40-72)82-65-81-89(67-90(82)102-86)101-85(45-29-9-1)93(81)71-37-21-17-22-38-71/h17-28,37-44,49-56,61-68H,1-16,29-36,45-48,57-60H2. The van der Waals surface area contributed by atoms with Crippen LogP contribution in [-0.2, 0) is 25.7 Å². The lowest BCUT2D eigenvalue weighted by Gasteiger charge is -2.10. The third kappa shape index (κ3) is 17.3. The van der Waals surface area contributed by atoms with Gasteiger partial charge >= 0.3 is 0 Å². The van der Waals surface area contributed by atoms with Crippen molar-refractivity contribution in [2.45, 2.75) is 180 Å². The Labute approximate surface area is 613 Å². The summed E-state index contributed by atoms with van der Waals surface area (Å²) in [6, 6.07) is 78.0. The molecule has 0 atom stereocenters. The minimum atomic E-state index is 0.710. The van der Waals surface area contributed by atoms with Gasteiger partial charge < -0.3 is 36.6 Å². The summed E-state index contributed by atoms with van der Waals surface area (Å²) in [5.41, 5.74) is 13.2. The summed E-state index contributed by atoms with van der Waals surface area (Å²) >= 11 is 0. The first-order valence-electron chi connectivity index (χ1n) is 39.4. The van der Waals surface area contributed by atoms with Crippen molar-refractivity contribution in [1.29, 1.82) is 0 Å². The fourth-order valence-corrected chi connectivity index (χ4v) is 15.9. The quantitative estimate of drug-likeness (QED) is 0.172. The first-order chi connectivity index (χ1) is 51.6. The second kappa shape index (κ2) is 35.0. The Morgan fingerprint density at radius 1 is 0.183 bits per heavy atom. The van der Waals surface area contributed by atoms with Gasteiger partial charge in [-0.2, -0.15) is 0 Å². The SMILES string of the molecule is c1ccc(-c2c3oc4cc5oc(c(-c6ccccc6)c5cc24)CCCCCCCCOc2ccc4ccc(cc4c2)OCCCCCCCCc2oc4cc5oc(c(-c6ccccc6)c5cc4c2-c2ccccc2)CCCCCCCCOc2ccc4ccc(cc4c2)OCCCCCCCC3)cc1. The molecule has 0 spiro atoms. The minimum absolute atomic E-state index is 0.710. The van der Waals surface area contributed by atoms with E-state index in [-0.39, 0.29) is 0 Å². The molecule has 0 fully saturated rings. The van der Waals surface area contributed by atoms with E-state index < -0.39 is 0 Å². The Morgan fingerprint density at radius 3 is 0.644 bits per heavy atom. The predicted molar refractivity (Wildman–Crippen MR) is 429 cm³/mol. The fraction of sp³-hybridized carbons (Fsp3) is 0.333. The van der Waals surface area contributed by atoms with Crippen LogP contribution in [0.4, 0.5) is 0 Å². The molecule has 0 N–H and O–H groups in total. The van der Waals surface area contributed by atoms with E-state index in [0.29, 0.717) is 26.4 Å². The zero-order valence-electron chi connectivity index (χ0n) is 60.7. The van der Waals surface area contributed by atoms with Crippen molar-refractivity contribution in [3.8, 4) is 67.5 Å². The van der Waals surface area contributed by atoms with Crippen LogP contribution in [0.15, 0.2) is 236 Å². The number of aryl methyl sites for hydroxylation is 4. The molecule has 532 valence electrons. The highest BCUT2D eigenvalue weighted by atomic mass is 16.5. The Hall–Kier alpha value is -9.92. The van der Waals surface area contributed by atoms with Crippen molar-refractivity contribution < 1.29 is 36.6 Å². The zero-order chi connectivity index (χ0) is 69.9. The van der Waals surface area contributed by atoms with E-state index in [0.717, 1.165) is 229 Å². The Kier molecular flexibility index (Phi) is 23.5. The molecular formula is C96H100O8. The van der Waals surface area contributed by atoms with E-state index in [1.54, 1.807) is 0 Å². The largest absolute Gasteiger partial charge is 0.494 e. The monoisotopic (exact) mass is 1380 g/mol. The Bertz CT molecular complexity index is 4440. The average molecular weight is 1380 g/mol. The molecule has 0 unspecified atom stereocenters. The van der Waals surface area contributed by atoms with Gasteiger partial charge in [0.1, 0.15) is 68.4 Å². The molecule has 0 radical (unpaired) electrons. The van der Waals surface area contributed by atoms with Crippen LogP contribution >= 0.6 is 0 Å². The van der Waals surface area contributed by atoms with Crippen molar-refractivity contribution in [3.05, 3.63) is 241 Å². The van der Waals surface area contributed by atoms with Crippen molar-refractivity contribution in [1.82, 2.24) is 0 Å². The normalized spacial score (nSPS) is 15.9. The number of hydrogen-bond donors (Lipinski definition) is 0. The molecule has 4 aromatic heterocycles. The van der Waals surface area contributed by atoms with Crippen LogP contribution in [0, 0.1) is 0 Å². The number of benzene rings is 10. The van der Waals surface area contributed by atoms with Gasteiger partial charge in [-0.05, 0) is 156 Å². The van der Waals surface area contributed by atoms with Crippen LogP contribution in [0.2, 0.25) is 0 Å². The lowest BCUT2D eigenvalue weighted by molar-refractivity contribution is 0.303. The van der Waals surface area contributed by atoms with Gasteiger partial charge in [-0.15, -0.1) is 0 Å². The second-order valence-corrected chi connectivity index (χ2v) is 29.0. The van der Waals surface area contributed by atoms with Gasteiger partial charge in [0.2, 0.25) is 0 Å². The van der Waals surface area contributed by atoms with E-state index in [9.17, 15) is 0 Å². The maximum absolute atomic E-state index is 6.86. The molecule has 0 saturated heterocycles. The summed E-state index contributed by atoms with van der Waals surface area (Å²) in [6.07, 6.45) is 30.6. The zero-order valence-corrected chi connectivity index (χ0v) is 60.7. The van der Waals surface area contributed by atoms with E-state index in [2.05, 4.69) is 218 Å². The number of ether oxygens (including phenoxy) is 4. The predicted octanol–water partition coefficient (Wildman–Crippen LogP) is 27.8. The first kappa shape index (κ1) is 69.8. The molecule has 8 heterocycles. The van der Waals surface area contributed by atoms with Gasteiger partial charge in [-0.25, -0.2) is 0 Å². The molecule has 104 heavy (non-hydrogen) atoms. The van der Waals surface area contributed by atoms with Crippen LogP contribution in [0.25, 0.3) is 110 Å². The maximum Gasteiger partial charge on any atom is 0.138 e. The van der Waals surface area contributed by atoms with Gasteiger partial charge in [0, 0.05) is 81.6 Å². The fourth-order valence-electron chi connectivity index (χ4n) is 15.9. The first-order valence-corrected chi connectivity index (χ1v) is 39.4. The molecule has 0 saturated carbocycles. The summed E-state index contributed by atoms with van der Waals surface area (Å²) in [6.45, 7) is 2.84. The van der Waals surface area contributed by atoms with Crippen LogP contribution in [-0.4, -0.2) is 26.4 Å². The smallest absolute Gasteiger partial charge is 0.138 e. The van der Waals surface area contributed by atoms with Crippen LogP contribution in [0.1, 0.15) is 177 Å². The van der Waals surface area contributed by atoms with Crippen molar-refractivity contribution >= 4 is 65.4 Å². The molecule has 14 aromatic rings. The highest BCUT2D eigenvalue weighted by molar-refractivity contribution is 6.09. The molecule has 0 amide bonds. The van der Waals surface area contributed by atoms with Gasteiger partial charge in [-0.3, -0.25) is 0 Å². The molecule has 4 aliphatic rings. The summed E-state index contributed by atoms with van der Waals surface area (Å²) in [7, 11) is 0.